The van der Waals surface area contributed by atoms with Crippen LogP contribution >= 0.6 is 0 Å². The maximum Gasteiger partial charge on any atom is 0.140 e. The van der Waals surface area contributed by atoms with Crippen LogP contribution in [0.4, 0.5) is 0 Å². The summed E-state index contributed by atoms with van der Waals surface area (Å²) < 4.78 is 0. The number of Topliss-reactive ketones (excluding diaryl/α,β-unsaturated/α-hetero) is 2. The SMILES string of the molecule is CC1C(=O)CC(C)[C@@]2(C=O)C1=CC[C@@H]1[C@H]2CC[C@]2(C)C(=O)CC[C@@H]12. The van der Waals surface area contributed by atoms with Gasteiger partial charge in [0, 0.05) is 24.2 Å². The van der Waals surface area contributed by atoms with Gasteiger partial charge in [-0.25, -0.2) is 0 Å². The van der Waals surface area contributed by atoms with Gasteiger partial charge in [0.15, 0.2) is 0 Å². The van der Waals surface area contributed by atoms with Crippen LogP contribution in [0.15, 0.2) is 11.6 Å². The number of ketones is 2. The third-order valence-corrected chi connectivity index (χ3v) is 8.34. The van der Waals surface area contributed by atoms with E-state index >= 15 is 0 Å². The third-order valence-electron chi connectivity index (χ3n) is 8.34. The van der Waals surface area contributed by atoms with Gasteiger partial charge < -0.3 is 4.79 Å². The summed E-state index contributed by atoms with van der Waals surface area (Å²) in [5.74, 6) is 1.82. The number of hydrogen-bond acceptors (Lipinski definition) is 3. The molecule has 0 bridgehead atoms. The molecule has 0 heterocycles. The van der Waals surface area contributed by atoms with Crippen molar-refractivity contribution in [2.75, 3.05) is 0 Å². The van der Waals surface area contributed by atoms with Gasteiger partial charge in [-0.3, -0.25) is 9.59 Å². The fourth-order valence-corrected chi connectivity index (χ4v) is 6.93. The highest BCUT2D eigenvalue weighted by atomic mass is 16.1. The molecule has 0 saturated heterocycles. The molecular formula is C21H28O3. The van der Waals surface area contributed by atoms with Crippen molar-refractivity contribution in [3.05, 3.63) is 11.6 Å². The molecule has 0 N–H and O–H groups in total. The zero-order valence-electron chi connectivity index (χ0n) is 15.0. The summed E-state index contributed by atoms with van der Waals surface area (Å²) in [6, 6.07) is 0. The fraction of sp³-hybridized carbons (Fsp3) is 0.762. The molecule has 0 spiro atoms. The second-order valence-electron chi connectivity index (χ2n) is 9.03. The van der Waals surface area contributed by atoms with Crippen LogP contribution in [-0.4, -0.2) is 17.9 Å². The zero-order valence-corrected chi connectivity index (χ0v) is 15.0. The lowest BCUT2D eigenvalue weighted by molar-refractivity contribution is -0.141. The Morgan fingerprint density at radius 1 is 1.17 bits per heavy atom. The molecule has 4 rings (SSSR count). The number of carbonyl (C=O) groups excluding carboxylic acids is 3. The van der Waals surface area contributed by atoms with E-state index in [4.69, 9.17) is 0 Å². The van der Waals surface area contributed by atoms with Crippen molar-refractivity contribution in [2.45, 2.75) is 59.3 Å². The lowest BCUT2D eigenvalue weighted by Crippen LogP contribution is -2.56. The molecule has 3 fully saturated rings. The van der Waals surface area contributed by atoms with Crippen LogP contribution in [0.25, 0.3) is 0 Å². The highest BCUT2D eigenvalue weighted by Gasteiger charge is 2.62. The van der Waals surface area contributed by atoms with E-state index in [2.05, 4.69) is 19.9 Å². The van der Waals surface area contributed by atoms with Crippen LogP contribution in [0, 0.1) is 40.4 Å². The summed E-state index contributed by atoms with van der Waals surface area (Å²) in [5, 5.41) is 0. The molecular weight excluding hydrogens is 300 g/mol. The van der Waals surface area contributed by atoms with Gasteiger partial charge in [0.1, 0.15) is 17.9 Å². The van der Waals surface area contributed by atoms with Gasteiger partial charge >= 0.3 is 0 Å². The number of hydrogen-bond donors (Lipinski definition) is 0. The van der Waals surface area contributed by atoms with E-state index in [0.29, 0.717) is 36.4 Å². The first kappa shape index (κ1) is 16.2. The summed E-state index contributed by atoms with van der Waals surface area (Å²) in [6.07, 6.45) is 8.40. The molecule has 0 radical (unpaired) electrons. The van der Waals surface area contributed by atoms with E-state index in [1.807, 2.05) is 6.92 Å². The van der Waals surface area contributed by atoms with E-state index in [9.17, 15) is 14.4 Å². The lowest BCUT2D eigenvalue weighted by Gasteiger charge is -2.58. The predicted octanol–water partition coefficient (Wildman–Crippen LogP) is 3.76. The van der Waals surface area contributed by atoms with Gasteiger partial charge in [-0.05, 0) is 49.4 Å². The third kappa shape index (κ3) is 1.76. The Bertz CT molecular complexity index is 647. The average Bonchev–Trinajstić information content (AvgIpc) is 2.87. The topological polar surface area (TPSA) is 51.2 Å². The molecule has 24 heavy (non-hydrogen) atoms. The molecule has 0 aliphatic heterocycles. The minimum atomic E-state index is -0.469. The van der Waals surface area contributed by atoms with Gasteiger partial charge in [-0.15, -0.1) is 0 Å². The molecule has 4 aliphatic carbocycles. The Hall–Kier alpha value is -1.25. The number of rotatable bonds is 1. The Morgan fingerprint density at radius 3 is 2.62 bits per heavy atom. The van der Waals surface area contributed by atoms with Gasteiger partial charge in [-0.2, -0.15) is 0 Å². The lowest BCUT2D eigenvalue weighted by atomic mass is 9.44. The molecule has 3 heteroatoms. The van der Waals surface area contributed by atoms with E-state index < -0.39 is 5.41 Å². The second-order valence-corrected chi connectivity index (χ2v) is 9.03. The quantitative estimate of drug-likeness (QED) is 0.544. The number of allylic oxidation sites excluding steroid dienone is 2. The van der Waals surface area contributed by atoms with Crippen molar-refractivity contribution >= 4 is 17.9 Å². The van der Waals surface area contributed by atoms with Crippen LogP contribution in [-0.2, 0) is 14.4 Å². The molecule has 0 amide bonds. The van der Waals surface area contributed by atoms with Crippen LogP contribution in [0.3, 0.4) is 0 Å². The minimum absolute atomic E-state index is 0.0826. The molecule has 2 unspecified atom stereocenters. The van der Waals surface area contributed by atoms with E-state index in [0.717, 1.165) is 31.3 Å². The summed E-state index contributed by atoms with van der Waals surface area (Å²) in [7, 11) is 0. The van der Waals surface area contributed by atoms with Crippen molar-refractivity contribution in [2.24, 2.45) is 40.4 Å². The first-order valence-corrected chi connectivity index (χ1v) is 9.59. The molecule has 0 aromatic rings. The standard InChI is InChI=1S/C21H28O3/c1-12-10-18(23)13(2)15-5-4-14-16-6-7-19(24)20(16,3)9-8-17(14)21(12,15)11-22/h5,11-14,16-17H,4,6-10H2,1-3H3/t12?,13?,14-,16-,17+,20-,21-/m0/s1. The largest absolute Gasteiger partial charge is 0.302 e. The molecule has 4 aliphatic rings. The van der Waals surface area contributed by atoms with E-state index in [1.54, 1.807) is 0 Å². The molecule has 0 aromatic heterocycles. The molecule has 7 atom stereocenters. The normalized spacial score (nSPS) is 50.6. The second kappa shape index (κ2) is 5.12. The zero-order chi connectivity index (χ0) is 17.3. The fourth-order valence-electron chi connectivity index (χ4n) is 6.93. The number of fused-ring (bicyclic) bond motifs is 5. The van der Waals surface area contributed by atoms with Crippen molar-refractivity contribution in [3.63, 3.8) is 0 Å². The maximum atomic E-state index is 12.5. The monoisotopic (exact) mass is 328 g/mol. The first-order valence-electron chi connectivity index (χ1n) is 9.59. The Balaban J connectivity index is 1.81. The van der Waals surface area contributed by atoms with Crippen LogP contribution in [0.2, 0.25) is 0 Å². The minimum Gasteiger partial charge on any atom is -0.302 e. The first-order chi connectivity index (χ1) is 11.4. The van der Waals surface area contributed by atoms with Gasteiger partial charge in [-0.1, -0.05) is 32.4 Å². The Morgan fingerprint density at radius 2 is 1.92 bits per heavy atom. The summed E-state index contributed by atoms with van der Waals surface area (Å²) in [6.45, 7) is 6.22. The highest BCUT2D eigenvalue weighted by Crippen LogP contribution is 2.64. The number of carbonyl (C=O) groups is 3. The maximum absolute atomic E-state index is 12.5. The predicted molar refractivity (Wildman–Crippen MR) is 91.2 cm³/mol. The number of aldehydes is 1. The van der Waals surface area contributed by atoms with Gasteiger partial charge in [0.25, 0.3) is 0 Å². The van der Waals surface area contributed by atoms with Crippen molar-refractivity contribution < 1.29 is 14.4 Å². The van der Waals surface area contributed by atoms with E-state index in [1.165, 1.54) is 6.29 Å². The van der Waals surface area contributed by atoms with Crippen LogP contribution < -0.4 is 0 Å². The molecule has 3 saturated carbocycles. The van der Waals surface area contributed by atoms with E-state index in [-0.39, 0.29) is 23.0 Å². The Kier molecular flexibility index (Phi) is 3.47. The summed E-state index contributed by atoms with van der Waals surface area (Å²) >= 11 is 0. The van der Waals surface area contributed by atoms with Crippen molar-refractivity contribution in [3.8, 4) is 0 Å². The smallest absolute Gasteiger partial charge is 0.140 e. The molecule has 0 aromatic carbocycles. The summed E-state index contributed by atoms with van der Waals surface area (Å²) in [4.78, 5) is 37.3. The molecule has 130 valence electrons. The van der Waals surface area contributed by atoms with Crippen molar-refractivity contribution in [1.29, 1.82) is 0 Å². The van der Waals surface area contributed by atoms with Crippen LogP contribution in [0.1, 0.15) is 59.3 Å². The average molecular weight is 328 g/mol. The van der Waals surface area contributed by atoms with Crippen LogP contribution in [0.5, 0.6) is 0 Å². The van der Waals surface area contributed by atoms with Crippen molar-refractivity contribution in [1.82, 2.24) is 0 Å². The highest BCUT2D eigenvalue weighted by molar-refractivity contribution is 5.89. The van der Waals surface area contributed by atoms with Gasteiger partial charge in [0.05, 0.1) is 5.41 Å². The molecule has 3 nitrogen and oxygen atoms in total. The summed E-state index contributed by atoms with van der Waals surface area (Å²) in [5.41, 5.74) is 0.453. The van der Waals surface area contributed by atoms with Gasteiger partial charge in [0.2, 0.25) is 0 Å². The Labute approximate surface area is 144 Å².